The number of Topliss-reactive ketones (excluding diaryl/α,β-unsaturated/α-hetero) is 1. The molecular weight excluding hydrogens is 319 g/mol. The van der Waals surface area contributed by atoms with Crippen LogP contribution in [0.5, 0.6) is 0 Å². The van der Waals surface area contributed by atoms with Gasteiger partial charge in [-0.25, -0.2) is 9.59 Å². The second-order valence-corrected chi connectivity index (χ2v) is 4.22. The number of benzene rings is 1. The lowest BCUT2D eigenvalue weighted by Crippen LogP contribution is -2.08. The molecular formula is C14H10F3NO5. The van der Waals surface area contributed by atoms with E-state index in [0.29, 0.717) is 0 Å². The highest BCUT2D eigenvalue weighted by Gasteiger charge is 2.33. The van der Waals surface area contributed by atoms with Crippen LogP contribution in [0.1, 0.15) is 22.8 Å². The zero-order valence-corrected chi connectivity index (χ0v) is 11.6. The maximum atomic E-state index is 12.7. The van der Waals surface area contributed by atoms with Crippen molar-refractivity contribution in [3.8, 4) is 0 Å². The van der Waals surface area contributed by atoms with Crippen molar-refractivity contribution in [1.29, 1.82) is 0 Å². The predicted molar refractivity (Wildman–Crippen MR) is 72.0 cm³/mol. The molecule has 2 N–H and O–H groups in total. The van der Waals surface area contributed by atoms with Gasteiger partial charge in [0.1, 0.15) is 0 Å². The Morgan fingerprint density at radius 2 is 1.65 bits per heavy atom. The van der Waals surface area contributed by atoms with Crippen molar-refractivity contribution >= 4 is 28.6 Å². The number of alkyl halides is 3. The van der Waals surface area contributed by atoms with Gasteiger partial charge in [-0.1, -0.05) is 12.1 Å². The molecule has 0 saturated carbocycles. The third-order valence-electron chi connectivity index (χ3n) is 2.61. The summed E-state index contributed by atoms with van der Waals surface area (Å²) in [7, 11) is 0. The molecule has 6 nitrogen and oxygen atoms in total. The summed E-state index contributed by atoms with van der Waals surface area (Å²) in [6, 6.07) is 4.52. The Hall–Kier alpha value is -2.97. The normalized spacial score (nSPS) is 10.6. The minimum absolute atomic E-state index is 0.0187. The second-order valence-electron chi connectivity index (χ2n) is 4.22. The zero-order valence-electron chi connectivity index (χ0n) is 11.6. The predicted octanol–water partition coefficient (Wildman–Crippen LogP) is 2.61. The van der Waals surface area contributed by atoms with Gasteiger partial charge < -0.3 is 10.2 Å². The van der Waals surface area contributed by atoms with Gasteiger partial charge in [0, 0.05) is 18.5 Å². The minimum Gasteiger partial charge on any atom is -0.478 e. The Morgan fingerprint density at radius 1 is 1.09 bits per heavy atom. The number of hydrogen-bond acceptors (Lipinski definition) is 4. The number of carboxylic acids is 2. The first-order valence-corrected chi connectivity index (χ1v) is 5.97. The number of halogens is 3. The van der Waals surface area contributed by atoms with E-state index in [9.17, 15) is 27.6 Å². The summed E-state index contributed by atoms with van der Waals surface area (Å²) in [5, 5.41) is 16.5. The first-order valence-electron chi connectivity index (χ1n) is 5.97. The van der Waals surface area contributed by atoms with Gasteiger partial charge in [-0.05, 0) is 12.1 Å². The molecule has 1 aromatic heterocycles. The first-order chi connectivity index (χ1) is 10.6. The zero-order chi connectivity index (χ0) is 17.8. The van der Waals surface area contributed by atoms with Crippen molar-refractivity contribution in [2.75, 3.05) is 0 Å². The number of carbonyl (C=O) groups excluding carboxylic acids is 1. The van der Waals surface area contributed by atoms with E-state index in [1.807, 2.05) is 0 Å². The van der Waals surface area contributed by atoms with E-state index in [1.54, 1.807) is 0 Å². The topological polar surface area (TPSA) is 105 Å². The van der Waals surface area contributed by atoms with Crippen LogP contribution in [0.15, 0.2) is 30.5 Å². The number of ketones is 1. The number of carboxylic acid groups (broad SMARTS) is 2. The highest BCUT2D eigenvalue weighted by atomic mass is 19.4. The molecule has 0 aliphatic heterocycles. The van der Waals surface area contributed by atoms with Crippen LogP contribution >= 0.6 is 0 Å². The fraction of sp³-hybridized carbons (Fsp3) is 0.143. The molecule has 0 aliphatic rings. The molecule has 122 valence electrons. The molecule has 0 spiro atoms. The molecule has 0 unspecified atom stereocenters. The van der Waals surface area contributed by atoms with Crippen molar-refractivity contribution in [3.05, 3.63) is 41.6 Å². The number of fused-ring (bicyclic) bond motifs is 1. The number of carbonyl (C=O) groups is 3. The Labute approximate surface area is 127 Å². The van der Waals surface area contributed by atoms with E-state index < -0.39 is 29.5 Å². The van der Waals surface area contributed by atoms with Gasteiger partial charge in [0.05, 0.1) is 16.6 Å². The molecule has 0 atom stereocenters. The first kappa shape index (κ1) is 18.1. The van der Waals surface area contributed by atoms with Crippen molar-refractivity contribution in [1.82, 2.24) is 4.98 Å². The number of aliphatic carboxylic acids is 1. The van der Waals surface area contributed by atoms with Crippen LogP contribution in [0, 0.1) is 0 Å². The summed E-state index contributed by atoms with van der Waals surface area (Å²) in [5.74, 6) is -3.48. The maximum absolute atomic E-state index is 12.7. The summed E-state index contributed by atoms with van der Waals surface area (Å²) < 4.78 is 38.0. The monoisotopic (exact) mass is 329 g/mol. The molecule has 0 fully saturated rings. The molecule has 1 aromatic carbocycles. The molecule has 2 rings (SSSR count). The highest BCUT2D eigenvalue weighted by Crippen LogP contribution is 2.34. The molecule has 0 aliphatic carbocycles. The summed E-state index contributed by atoms with van der Waals surface area (Å²) in [5.41, 5.74) is -1.47. The van der Waals surface area contributed by atoms with Crippen LogP contribution < -0.4 is 0 Å². The highest BCUT2D eigenvalue weighted by molar-refractivity contribution is 6.31. The van der Waals surface area contributed by atoms with E-state index in [1.165, 1.54) is 18.2 Å². The number of nitrogens with zero attached hydrogens (tertiary/aromatic N) is 1. The van der Waals surface area contributed by atoms with Crippen LogP contribution in [-0.2, 0) is 15.8 Å². The molecule has 0 bridgehead atoms. The van der Waals surface area contributed by atoms with Gasteiger partial charge in [-0.3, -0.25) is 9.78 Å². The number of aromatic carboxylic acids is 1. The second kappa shape index (κ2) is 6.86. The number of pyridine rings is 1. The standard InChI is InChI=1S/C11H6F3NO2.C3H4O3/c12-11(13,14)8-3-1-2-6-7(10(16)17)4-5-15-9(6)8;1-2(4)3(5)6/h1-5H,(H,16,17);1H3,(H,5,6). The van der Waals surface area contributed by atoms with Crippen molar-refractivity contribution < 1.29 is 37.8 Å². The van der Waals surface area contributed by atoms with Gasteiger partial charge in [0.2, 0.25) is 5.78 Å². The molecule has 0 saturated heterocycles. The average Bonchev–Trinajstić information content (AvgIpc) is 2.45. The quantitative estimate of drug-likeness (QED) is 0.821. The van der Waals surface area contributed by atoms with E-state index in [0.717, 1.165) is 19.2 Å². The lowest BCUT2D eigenvalue weighted by atomic mass is 10.1. The molecule has 23 heavy (non-hydrogen) atoms. The van der Waals surface area contributed by atoms with E-state index in [4.69, 9.17) is 10.2 Å². The Kier molecular flexibility index (Phi) is 5.39. The van der Waals surface area contributed by atoms with Crippen LogP contribution in [0.2, 0.25) is 0 Å². The van der Waals surface area contributed by atoms with Crippen molar-refractivity contribution in [3.63, 3.8) is 0 Å². The summed E-state index contributed by atoms with van der Waals surface area (Å²) in [6.07, 6.45) is -3.50. The van der Waals surface area contributed by atoms with E-state index in [-0.39, 0.29) is 16.5 Å². The Morgan fingerprint density at radius 3 is 2.09 bits per heavy atom. The van der Waals surface area contributed by atoms with Crippen LogP contribution in [0.25, 0.3) is 10.9 Å². The van der Waals surface area contributed by atoms with Crippen LogP contribution in [-0.4, -0.2) is 32.9 Å². The molecule has 0 radical (unpaired) electrons. The maximum Gasteiger partial charge on any atom is 0.418 e. The third-order valence-corrected chi connectivity index (χ3v) is 2.61. The average molecular weight is 329 g/mol. The van der Waals surface area contributed by atoms with Gasteiger partial charge in [-0.15, -0.1) is 0 Å². The lowest BCUT2D eigenvalue weighted by Gasteiger charge is -2.10. The largest absolute Gasteiger partial charge is 0.478 e. The Bertz CT molecular complexity index is 759. The van der Waals surface area contributed by atoms with E-state index >= 15 is 0 Å². The van der Waals surface area contributed by atoms with E-state index in [2.05, 4.69) is 4.98 Å². The summed E-state index contributed by atoms with van der Waals surface area (Å²) >= 11 is 0. The minimum atomic E-state index is -4.55. The number of hydrogen-bond donors (Lipinski definition) is 2. The fourth-order valence-electron chi connectivity index (χ4n) is 1.59. The summed E-state index contributed by atoms with van der Waals surface area (Å²) in [4.78, 5) is 33.4. The van der Waals surface area contributed by atoms with Crippen LogP contribution in [0.3, 0.4) is 0 Å². The lowest BCUT2D eigenvalue weighted by molar-refractivity contribution is -0.148. The smallest absolute Gasteiger partial charge is 0.418 e. The summed E-state index contributed by atoms with van der Waals surface area (Å²) in [6.45, 7) is 1.00. The number of aromatic nitrogens is 1. The molecule has 0 amide bonds. The number of rotatable bonds is 2. The van der Waals surface area contributed by atoms with Gasteiger partial charge in [-0.2, -0.15) is 13.2 Å². The van der Waals surface area contributed by atoms with Crippen molar-refractivity contribution in [2.24, 2.45) is 0 Å². The Balaban J connectivity index is 0.000000379. The van der Waals surface area contributed by atoms with Crippen molar-refractivity contribution in [2.45, 2.75) is 13.1 Å². The van der Waals surface area contributed by atoms with Gasteiger partial charge in [0.15, 0.2) is 0 Å². The van der Waals surface area contributed by atoms with Crippen LogP contribution in [0.4, 0.5) is 13.2 Å². The van der Waals surface area contributed by atoms with Gasteiger partial charge >= 0.3 is 18.1 Å². The molecule has 2 aromatic rings. The SMILES string of the molecule is CC(=O)C(=O)O.O=C(O)c1ccnc2c(C(F)(F)F)cccc12. The van der Waals surface area contributed by atoms with Gasteiger partial charge in [0.25, 0.3) is 0 Å². The molecule has 9 heteroatoms. The fourth-order valence-corrected chi connectivity index (χ4v) is 1.59. The number of para-hydroxylation sites is 1. The molecule has 1 heterocycles. The third kappa shape index (κ3) is 4.50.